The maximum atomic E-state index is 9.26. The monoisotopic (exact) mass is 139 g/mol. The molecule has 4 heteroatoms. The molecule has 2 heterocycles. The first kappa shape index (κ1) is 2.57. The second-order valence-electron chi connectivity index (χ2n) is 1.66. The number of hydrogen-bond donors (Lipinski definition) is 1. The van der Waals surface area contributed by atoms with E-state index in [9.17, 15) is 5.11 Å². The van der Waals surface area contributed by atoms with Gasteiger partial charge in [0.1, 0.15) is 13.4 Å². The molecular weight excluding hydrogens is 130 g/mol. The van der Waals surface area contributed by atoms with E-state index in [-0.39, 0.29) is 18.1 Å². The molecule has 0 radical (unpaired) electrons. The largest absolute Gasteiger partial charge is 0.508 e. The first-order valence-corrected chi connectivity index (χ1v) is 2.54. The van der Waals surface area contributed by atoms with Crippen molar-refractivity contribution in [2.24, 2.45) is 0 Å². The van der Waals surface area contributed by atoms with Gasteiger partial charge in [0.25, 0.3) is 0 Å². The van der Waals surface area contributed by atoms with Gasteiger partial charge in [0, 0.05) is 12.2 Å². The molecular formula is C6H5N3O. The molecule has 10 heavy (non-hydrogen) atoms. The second kappa shape index (κ2) is 1.70. The molecule has 0 aliphatic heterocycles. The zero-order valence-corrected chi connectivity index (χ0v) is 4.79. The van der Waals surface area contributed by atoms with E-state index >= 15 is 0 Å². The summed E-state index contributed by atoms with van der Waals surface area (Å²) in [5.74, 6) is -0.616. The number of aromatic hydroxyl groups is 1. The Morgan fingerprint density at radius 3 is 3.50 bits per heavy atom. The minimum Gasteiger partial charge on any atom is -0.508 e. The van der Waals surface area contributed by atoms with Gasteiger partial charge in [-0.2, -0.15) is 5.10 Å². The summed E-state index contributed by atoms with van der Waals surface area (Å²) in [7, 11) is 0. The smallest absolute Gasteiger partial charge is 0.158 e. The molecule has 2 rings (SSSR count). The summed E-state index contributed by atoms with van der Waals surface area (Å²) in [6, 6.07) is -0.885. The Hall–Kier alpha value is -1.58. The fourth-order valence-electron chi connectivity index (χ4n) is 0.611. The summed E-state index contributed by atoms with van der Waals surface area (Å²) in [5.41, 5.74) is -0.0894. The molecule has 0 aliphatic carbocycles. The lowest BCUT2D eigenvalue weighted by molar-refractivity contribution is 0.474. The number of aromatic nitrogens is 3. The summed E-state index contributed by atoms with van der Waals surface area (Å²) >= 11 is 0. The van der Waals surface area contributed by atoms with Crippen LogP contribution in [0.1, 0.15) is 5.48 Å². The molecule has 0 unspecified atom stereocenters. The summed E-state index contributed by atoms with van der Waals surface area (Å²) < 4.78 is 30.0. The predicted molar refractivity (Wildman–Crippen MR) is 34.7 cm³/mol. The van der Waals surface area contributed by atoms with Crippen molar-refractivity contribution in [2.45, 2.75) is 0 Å². The lowest BCUT2D eigenvalue weighted by Crippen LogP contribution is -1.83. The van der Waals surface area contributed by atoms with E-state index < -0.39 is 17.8 Å². The third-order valence-corrected chi connectivity index (χ3v) is 1.01. The van der Waals surface area contributed by atoms with Crippen LogP contribution in [-0.4, -0.2) is 19.7 Å². The minimum atomic E-state index is -0.616. The van der Waals surface area contributed by atoms with E-state index in [1.165, 1.54) is 0 Å². The van der Waals surface area contributed by atoms with E-state index in [1.807, 2.05) is 0 Å². The molecule has 0 saturated heterocycles. The van der Waals surface area contributed by atoms with Crippen molar-refractivity contribution in [3.63, 3.8) is 0 Å². The van der Waals surface area contributed by atoms with Crippen LogP contribution in [0.3, 0.4) is 0 Å². The molecule has 0 spiro atoms. The van der Waals surface area contributed by atoms with Crippen molar-refractivity contribution >= 4 is 5.65 Å². The Morgan fingerprint density at radius 2 is 2.60 bits per heavy atom. The maximum absolute atomic E-state index is 9.26. The summed E-state index contributed by atoms with van der Waals surface area (Å²) in [4.78, 5) is 3.54. The van der Waals surface area contributed by atoms with Crippen molar-refractivity contribution in [1.29, 1.82) is 0 Å². The number of rotatable bonds is 0. The van der Waals surface area contributed by atoms with Gasteiger partial charge < -0.3 is 5.11 Å². The maximum Gasteiger partial charge on any atom is 0.158 e. The minimum absolute atomic E-state index is 0.0894. The van der Waals surface area contributed by atoms with Crippen molar-refractivity contribution in [2.75, 3.05) is 0 Å². The highest BCUT2D eigenvalue weighted by Crippen LogP contribution is 2.08. The number of hydrogen-bond acceptors (Lipinski definition) is 3. The van der Waals surface area contributed by atoms with Gasteiger partial charge in [0.15, 0.2) is 5.65 Å². The van der Waals surface area contributed by atoms with Crippen molar-refractivity contribution in [3.8, 4) is 5.75 Å². The van der Waals surface area contributed by atoms with Gasteiger partial charge in [-0.15, -0.1) is 0 Å². The van der Waals surface area contributed by atoms with E-state index in [2.05, 4.69) is 10.1 Å². The average molecular weight is 139 g/mol. The van der Waals surface area contributed by atoms with Crippen LogP contribution in [0.2, 0.25) is 0 Å². The van der Waals surface area contributed by atoms with Crippen LogP contribution in [0.25, 0.3) is 5.65 Å². The zero-order valence-electron chi connectivity index (χ0n) is 8.79. The first-order chi connectivity index (χ1) is 6.52. The summed E-state index contributed by atoms with van der Waals surface area (Å²) in [6.07, 6.45) is -0.739. The van der Waals surface area contributed by atoms with E-state index in [0.29, 0.717) is 0 Å². The van der Waals surface area contributed by atoms with Gasteiger partial charge in [0.2, 0.25) is 0 Å². The summed E-state index contributed by atoms with van der Waals surface area (Å²) in [6.45, 7) is 0. The van der Waals surface area contributed by atoms with E-state index in [1.54, 1.807) is 0 Å². The molecule has 0 saturated carbocycles. The van der Waals surface area contributed by atoms with Gasteiger partial charge in [-0.25, -0.2) is 9.50 Å². The van der Waals surface area contributed by atoms with Crippen LogP contribution < -0.4 is 0 Å². The molecule has 0 aliphatic rings. The van der Waals surface area contributed by atoms with Gasteiger partial charge in [0.05, 0.1) is 4.11 Å². The molecule has 0 aromatic carbocycles. The Kier molecular flexibility index (Phi) is 0.437. The highest BCUT2D eigenvalue weighted by atomic mass is 16.3. The van der Waals surface area contributed by atoms with E-state index in [4.69, 9.17) is 5.48 Å². The molecule has 2 aromatic heterocycles. The lowest BCUT2D eigenvalue weighted by atomic mass is 10.4. The first-order valence-electron chi connectivity index (χ1n) is 4.54. The van der Waals surface area contributed by atoms with Crippen LogP contribution in [0.4, 0.5) is 0 Å². The van der Waals surface area contributed by atoms with Crippen LogP contribution >= 0.6 is 0 Å². The third kappa shape index (κ3) is 0.621. The van der Waals surface area contributed by atoms with Gasteiger partial charge in [-0.3, -0.25) is 0 Å². The van der Waals surface area contributed by atoms with Crippen molar-refractivity contribution in [1.82, 2.24) is 14.6 Å². The highest BCUT2D eigenvalue weighted by Gasteiger charge is 1.93. The quantitative estimate of drug-likeness (QED) is 0.576. The molecule has 0 bridgehead atoms. The standard InChI is InChI=1S/C6H5N3O/c10-5-1-2-9-6(3-5)7-4-8-9/h1-4,10H/i1D,2D,3D,4D. The Bertz CT molecular complexity index is 479. The highest BCUT2D eigenvalue weighted by molar-refractivity contribution is 5.41. The molecule has 0 fully saturated rings. The fourth-order valence-corrected chi connectivity index (χ4v) is 0.611. The normalized spacial score (nSPS) is 16.0. The topological polar surface area (TPSA) is 50.4 Å². The van der Waals surface area contributed by atoms with Crippen LogP contribution in [-0.2, 0) is 0 Å². The second-order valence-corrected chi connectivity index (χ2v) is 1.66. The number of nitrogens with zero attached hydrogens (tertiary/aromatic N) is 3. The Morgan fingerprint density at radius 1 is 1.70 bits per heavy atom. The number of fused-ring (bicyclic) bond motifs is 1. The van der Waals surface area contributed by atoms with Crippen LogP contribution in [0.5, 0.6) is 5.75 Å². The molecule has 2 aromatic rings. The van der Waals surface area contributed by atoms with Crippen molar-refractivity contribution < 1.29 is 10.6 Å². The van der Waals surface area contributed by atoms with E-state index in [0.717, 1.165) is 4.52 Å². The number of pyridine rings is 1. The lowest BCUT2D eigenvalue weighted by Gasteiger charge is -1.90. The zero-order chi connectivity index (χ0) is 10.5. The van der Waals surface area contributed by atoms with Gasteiger partial charge in [-0.1, -0.05) is 0 Å². The molecule has 0 atom stereocenters. The third-order valence-electron chi connectivity index (χ3n) is 1.01. The summed E-state index contributed by atoms with van der Waals surface area (Å²) in [5, 5.41) is 12.8. The molecule has 1 N–H and O–H groups in total. The van der Waals surface area contributed by atoms with Gasteiger partial charge >= 0.3 is 0 Å². The Labute approximate surface area is 62.4 Å². The fraction of sp³-hybridized carbons (Fsp3) is 0. The van der Waals surface area contributed by atoms with Crippen LogP contribution in [0, 0.1) is 0 Å². The Balaban J connectivity index is 3.01. The molecule has 0 amide bonds. The average Bonchev–Trinajstić information content (AvgIpc) is 2.54. The van der Waals surface area contributed by atoms with Crippen LogP contribution in [0.15, 0.2) is 24.6 Å². The van der Waals surface area contributed by atoms with Crippen molar-refractivity contribution in [3.05, 3.63) is 24.6 Å². The van der Waals surface area contributed by atoms with Gasteiger partial charge in [-0.05, 0) is 6.04 Å². The molecule has 4 nitrogen and oxygen atoms in total. The molecule has 50 valence electrons. The SMILES string of the molecule is [2H]c1nc2c([2H])c(O)c([2H])c([2H])n2n1. The predicted octanol–water partition coefficient (Wildman–Crippen LogP) is 0.435.